The molecule has 0 spiro atoms. The second-order valence-corrected chi connectivity index (χ2v) is 8.22. The Morgan fingerprint density at radius 3 is 1.90 bits per heavy atom. The van der Waals surface area contributed by atoms with Crippen LogP contribution in [-0.2, 0) is 10.0 Å². The average molecular weight is 439 g/mol. The van der Waals surface area contributed by atoms with Gasteiger partial charge < -0.3 is 24.3 Å². The fourth-order valence-corrected chi connectivity index (χ4v) is 4.01. The predicted octanol–water partition coefficient (Wildman–Crippen LogP) is 2.66. The molecule has 0 fully saturated rings. The quantitative estimate of drug-likeness (QED) is 0.619. The third-order valence-corrected chi connectivity index (χ3v) is 5.70. The molecule has 0 radical (unpaired) electrons. The van der Waals surface area contributed by atoms with Crippen molar-refractivity contribution in [2.75, 3.05) is 33.8 Å². The van der Waals surface area contributed by atoms with E-state index in [1.165, 1.54) is 58.8 Å². The third kappa shape index (κ3) is 5.14. The Morgan fingerprint density at radius 2 is 1.43 bits per heavy atom. The lowest BCUT2D eigenvalue weighted by molar-refractivity contribution is 0.102. The van der Waals surface area contributed by atoms with Gasteiger partial charge in [0.2, 0.25) is 15.8 Å². The summed E-state index contributed by atoms with van der Waals surface area (Å²) in [4.78, 5) is 12.9. The Balaban J connectivity index is 2.44. The molecule has 2 aromatic carbocycles. The van der Waals surface area contributed by atoms with Crippen molar-refractivity contribution in [2.24, 2.45) is 0 Å². The van der Waals surface area contributed by atoms with Gasteiger partial charge in [-0.05, 0) is 44.2 Å². The summed E-state index contributed by atoms with van der Waals surface area (Å²) in [6.07, 6.45) is 0. The lowest BCUT2D eigenvalue weighted by Gasteiger charge is -2.16. The minimum Gasteiger partial charge on any atom is -0.495 e. The zero-order valence-corrected chi connectivity index (χ0v) is 18.5. The lowest BCUT2D eigenvalue weighted by Crippen LogP contribution is -2.30. The van der Waals surface area contributed by atoms with Gasteiger partial charge in [0.1, 0.15) is 5.75 Å². The highest BCUT2D eigenvalue weighted by Gasteiger charge is 2.21. The molecule has 0 saturated carbocycles. The molecule has 0 atom stereocenters. The van der Waals surface area contributed by atoms with Crippen LogP contribution >= 0.6 is 0 Å². The molecule has 0 saturated heterocycles. The Labute approximate surface area is 176 Å². The van der Waals surface area contributed by atoms with Crippen molar-refractivity contribution in [3.05, 3.63) is 35.9 Å². The highest BCUT2D eigenvalue weighted by Crippen LogP contribution is 2.38. The van der Waals surface area contributed by atoms with Gasteiger partial charge in [-0.15, -0.1) is 0 Å². The Kier molecular flexibility index (Phi) is 7.52. The maximum absolute atomic E-state index is 12.9. The zero-order valence-electron chi connectivity index (χ0n) is 17.7. The van der Waals surface area contributed by atoms with Crippen LogP contribution in [-0.4, -0.2) is 48.8 Å². The first-order valence-electron chi connectivity index (χ1n) is 8.98. The number of benzene rings is 2. The maximum atomic E-state index is 12.9. The summed E-state index contributed by atoms with van der Waals surface area (Å²) in [5.41, 5.74) is 0.419. The van der Waals surface area contributed by atoms with Crippen LogP contribution in [0, 0.1) is 0 Å². The number of rotatable bonds is 9. The third-order valence-electron chi connectivity index (χ3n) is 4.05. The molecule has 2 N–H and O–H groups in total. The molecule has 0 heterocycles. The van der Waals surface area contributed by atoms with Gasteiger partial charge >= 0.3 is 0 Å². The first-order chi connectivity index (χ1) is 14.2. The molecule has 164 valence electrons. The van der Waals surface area contributed by atoms with E-state index in [-0.39, 0.29) is 22.2 Å². The predicted molar refractivity (Wildman–Crippen MR) is 113 cm³/mol. The standard InChI is InChI=1S/C20H26N2O7S/c1-12(2)22-30(24,25)14-7-8-16(26-3)15(11-14)21-20(23)13-9-17(27-4)19(29-6)18(10-13)28-5/h7-12,22H,1-6H3,(H,21,23). The summed E-state index contributed by atoms with van der Waals surface area (Å²) in [7, 11) is 2.02. The number of hydrogen-bond donors (Lipinski definition) is 2. The van der Waals surface area contributed by atoms with Crippen LogP contribution in [0.3, 0.4) is 0 Å². The smallest absolute Gasteiger partial charge is 0.256 e. The topological polar surface area (TPSA) is 112 Å². The lowest BCUT2D eigenvalue weighted by atomic mass is 10.1. The van der Waals surface area contributed by atoms with Crippen molar-refractivity contribution in [3.63, 3.8) is 0 Å². The second kappa shape index (κ2) is 9.68. The van der Waals surface area contributed by atoms with Crippen LogP contribution in [0.4, 0.5) is 5.69 Å². The van der Waals surface area contributed by atoms with Gasteiger partial charge in [-0.1, -0.05) is 0 Å². The number of carbonyl (C=O) groups excluding carboxylic acids is 1. The van der Waals surface area contributed by atoms with Gasteiger partial charge in [-0.25, -0.2) is 13.1 Å². The van der Waals surface area contributed by atoms with Crippen molar-refractivity contribution in [2.45, 2.75) is 24.8 Å². The van der Waals surface area contributed by atoms with Crippen LogP contribution in [0.25, 0.3) is 0 Å². The first kappa shape index (κ1) is 23.3. The van der Waals surface area contributed by atoms with Gasteiger partial charge in [-0.3, -0.25) is 4.79 Å². The number of sulfonamides is 1. The average Bonchev–Trinajstić information content (AvgIpc) is 2.71. The number of anilines is 1. The van der Waals surface area contributed by atoms with Gasteiger partial charge in [0, 0.05) is 11.6 Å². The Morgan fingerprint density at radius 1 is 0.867 bits per heavy atom. The Bertz CT molecular complexity index is 995. The monoisotopic (exact) mass is 438 g/mol. The van der Waals surface area contributed by atoms with E-state index in [0.717, 1.165) is 0 Å². The second-order valence-electron chi connectivity index (χ2n) is 6.51. The molecule has 0 aliphatic heterocycles. The molecule has 30 heavy (non-hydrogen) atoms. The minimum atomic E-state index is -3.75. The van der Waals surface area contributed by atoms with Gasteiger partial charge in [0.05, 0.1) is 39.0 Å². The molecule has 0 aromatic heterocycles. The normalized spacial score (nSPS) is 11.2. The summed E-state index contributed by atoms with van der Waals surface area (Å²) in [5, 5.41) is 2.68. The highest BCUT2D eigenvalue weighted by atomic mass is 32.2. The molecular formula is C20H26N2O7S. The molecule has 1 amide bonds. The molecule has 0 bridgehead atoms. The maximum Gasteiger partial charge on any atom is 0.256 e. The van der Waals surface area contributed by atoms with Crippen molar-refractivity contribution in [3.8, 4) is 23.0 Å². The minimum absolute atomic E-state index is 0.00260. The van der Waals surface area contributed by atoms with Gasteiger partial charge in [0.25, 0.3) is 5.91 Å². The van der Waals surface area contributed by atoms with E-state index in [1.54, 1.807) is 13.8 Å². The van der Waals surface area contributed by atoms with Crippen LogP contribution in [0.15, 0.2) is 35.2 Å². The van der Waals surface area contributed by atoms with Crippen molar-refractivity contribution in [1.29, 1.82) is 0 Å². The molecule has 0 aliphatic rings. The van der Waals surface area contributed by atoms with Crippen LogP contribution in [0.2, 0.25) is 0 Å². The van der Waals surface area contributed by atoms with Crippen molar-refractivity contribution in [1.82, 2.24) is 4.72 Å². The SMILES string of the molecule is COc1ccc(S(=O)(=O)NC(C)C)cc1NC(=O)c1cc(OC)c(OC)c(OC)c1. The number of amides is 1. The summed E-state index contributed by atoms with van der Waals surface area (Å²) >= 11 is 0. The van der Waals surface area contributed by atoms with Crippen molar-refractivity contribution >= 4 is 21.6 Å². The van der Waals surface area contributed by atoms with E-state index in [1.807, 2.05) is 0 Å². The summed E-state index contributed by atoms with van der Waals surface area (Å²) in [6, 6.07) is 6.90. The molecule has 0 unspecified atom stereocenters. The highest BCUT2D eigenvalue weighted by molar-refractivity contribution is 7.89. The van der Waals surface area contributed by atoms with E-state index in [9.17, 15) is 13.2 Å². The molecular weight excluding hydrogens is 412 g/mol. The largest absolute Gasteiger partial charge is 0.495 e. The summed E-state index contributed by atoms with van der Waals surface area (Å²) < 4.78 is 48.5. The first-order valence-corrected chi connectivity index (χ1v) is 10.5. The fourth-order valence-electron chi connectivity index (χ4n) is 2.74. The zero-order chi connectivity index (χ0) is 22.5. The van der Waals surface area contributed by atoms with E-state index >= 15 is 0 Å². The van der Waals surface area contributed by atoms with E-state index < -0.39 is 15.9 Å². The van der Waals surface area contributed by atoms with Crippen LogP contribution in [0.1, 0.15) is 24.2 Å². The number of hydrogen-bond acceptors (Lipinski definition) is 7. The number of methoxy groups -OCH3 is 4. The fraction of sp³-hybridized carbons (Fsp3) is 0.350. The number of nitrogens with one attached hydrogen (secondary N) is 2. The molecule has 10 heteroatoms. The number of ether oxygens (including phenoxy) is 4. The molecule has 2 aromatic rings. The molecule has 2 rings (SSSR count). The van der Waals surface area contributed by atoms with E-state index in [4.69, 9.17) is 18.9 Å². The van der Waals surface area contributed by atoms with Gasteiger partial charge in [0.15, 0.2) is 11.5 Å². The Hall–Kier alpha value is -2.98. The summed E-state index contributed by atoms with van der Waals surface area (Å²) in [6.45, 7) is 3.43. The number of carbonyl (C=O) groups is 1. The summed E-state index contributed by atoms with van der Waals surface area (Å²) in [5.74, 6) is 0.762. The molecule has 0 aliphatic carbocycles. The van der Waals surface area contributed by atoms with E-state index in [2.05, 4.69) is 10.0 Å². The van der Waals surface area contributed by atoms with Gasteiger partial charge in [-0.2, -0.15) is 0 Å². The molecule has 9 nitrogen and oxygen atoms in total. The van der Waals surface area contributed by atoms with Crippen LogP contribution in [0.5, 0.6) is 23.0 Å². The van der Waals surface area contributed by atoms with Crippen LogP contribution < -0.4 is 29.0 Å². The van der Waals surface area contributed by atoms with Crippen molar-refractivity contribution < 1.29 is 32.2 Å². The van der Waals surface area contributed by atoms with E-state index in [0.29, 0.717) is 23.0 Å².